The lowest BCUT2D eigenvalue weighted by Gasteiger charge is -2.21. The van der Waals surface area contributed by atoms with Crippen LogP contribution in [0.5, 0.6) is 0 Å². The van der Waals surface area contributed by atoms with Gasteiger partial charge in [-0.25, -0.2) is 9.13 Å². The molecule has 0 heterocycles. The number of phosphoric acid groups is 2. The van der Waals surface area contributed by atoms with E-state index in [1.807, 2.05) is 0 Å². The summed E-state index contributed by atoms with van der Waals surface area (Å²) >= 11 is 0. The van der Waals surface area contributed by atoms with E-state index in [2.05, 4.69) is 125 Å². The second kappa shape index (κ2) is 73.3. The number of carbonyl (C=O) groups excluding carboxylic acids is 4. The van der Waals surface area contributed by atoms with Crippen LogP contribution in [0.4, 0.5) is 0 Å². The molecule has 0 saturated carbocycles. The maximum Gasteiger partial charge on any atom is 0.472 e. The number of ether oxygens (including phenoxy) is 4. The minimum absolute atomic E-state index is 0.0887. The number of allylic oxidation sites excluding steroid dienone is 16. The molecule has 0 fully saturated rings. The molecule has 100 heavy (non-hydrogen) atoms. The van der Waals surface area contributed by atoms with Gasteiger partial charge in [-0.1, -0.05) is 305 Å². The maximum absolute atomic E-state index is 13.1. The molecule has 0 aromatic rings. The molecule has 0 aliphatic rings. The van der Waals surface area contributed by atoms with Crippen LogP contribution in [-0.4, -0.2) is 96.7 Å². The highest BCUT2D eigenvalue weighted by atomic mass is 31.2. The quantitative estimate of drug-likeness (QED) is 0.0169. The third-order valence-corrected chi connectivity index (χ3v) is 18.5. The zero-order chi connectivity index (χ0) is 73.2. The third kappa shape index (κ3) is 72.3. The Morgan fingerprint density at radius 1 is 0.290 bits per heavy atom. The number of esters is 4. The van der Waals surface area contributed by atoms with Gasteiger partial charge in [-0.15, -0.1) is 0 Å². The van der Waals surface area contributed by atoms with Crippen molar-refractivity contribution in [2.75, 3.05) is 39.6 Å². The summed E-state index contributed by atoms with van der Waals surface area (Å²) in [5.74, 6) is -2.25. The molecule has 17 nitrogen and oxygen atoms in total. The lowest BCUT2D eigenvalue weighted by Crippen LogP contribution is -2.30. The molecular weight excluding hydrogens is 1310 g/mol. The van der Waals surface area contributed by atoms with Crippen LogP contribution >= 0.6 is 15.6 Å². The number of aliphatic hydroxyl groups excluding tert-OH is 1. The topological polar surface area (TPSA) is 237 Å². The highest BCUT2D eigenvalue weighted by Crippen LogP contribution is 2.45. The van der Waals surface area contributed by atoms with Crippen LogP contribution in [0, 0.1) is 0 Å². The number of rotatable bonds is 74. The van der Waals surface area contributed by atoms with Crippen molar-refractivity contribution < 1.29 is 80.2 Å². The van der Waals surface area contributed by atoms with E-state index in [4.69, 9.17) is 37.0 Å². The van der Waals surface area contributed by atoms with Crippen LogP contribution in [0.25, 0.3) is 0 Å². The van der Waals surface area contributed by atoms with Crippen molar-refractivity contribution in [3.05, 3.63) is 97.2 Å². The molecule has 0 amide bonds. The predicted octanol–water partition coefficient (Wildman–Crippen LogP) is 22.8. The van der Waals surface area contributed by atoms with Crippen molar-refractivity contribution >= 4 is 39.5 Å². The summed E-state index contributed by atoms with van der Waals surface area (Å²) in [5, 5.41) is 10.6. The van der Waals surface area contributed by atoms with Crippen LogP contribution in [0.3, 0.4) is 0 Å². The molecule has 4 atom stereocenters. The summed E-state index contributed by atoms with van der Waals surface area (Å²) in [6.45, 7) is 4.60. The van der Waals surface area contributed by atoms with Crippen LogP contribution in [0.15, 0.2) is 97.2 Å². The summed E-state index contributed by atoms with van der Waals surface area (Å²) in [6.07, 6.45) is 76.8. The second-order valence-corrected chi connectivity index (χ2v) is 29.2. The van der Waals surface area contributed by atoms with Gasteiger partial charge >= 0.3 is 39.5 Å². The molecule has 0 spiro atoms. The van der Waals surface area contributed by atoms with Gasteiger partial charge in [0.2, 0.25) is 0 Å². The summed E-state index contributed by atoms with van der Waals surface area (Å²) in [4.78, 5) is 72.9. The van der Waals surface area contributed by atoms with E-state index in [1.54, 1.807) is 0 Å². The molecule has 4 unspecified atom stereocenters. The average molecular weight is 1450 g/mol. The standard InChI is InChI=1S/C81H142O17P2/c1-5-9-13-17-21-25-29-33-37-41-45-49-53-57-61-65-78(83)91-71-76(97-80(85)67-63-59-55-51-47-43-39-35-31-27-23-19-15-11-7-3)73-95-99(87,88)93-69-75(82)70-94-100(89,90)96-74-77(98-81(86)68-64-60-56-52-48-44-40-36-32-28-24-20-16-12-8-4)72-92-79(84)66-62-58-54-50-46-42-38-34-30-26-22-18-14-10-6-2/h9-10,13-14,21-22,25-26,33-34,37-38,45-46,49-50,75-77,82H,5-8,11-12,15-20,23-24,27-32,35-36,39-44,47-48,51-74H2,1-4H3,(H,87,88)(H,89,90)/b13-9-,14-10-,25-21-,26-22-,37-33-,38-34-,49-45-,50-46-. The molecule has 0 bridgehead atoms. The molecule has 0 aliphatic carbocycles. The number of aliphatic hydroxyl groups is 1. The van der Waals surface area contributed by atoms with E-state index in [1.165, 1.54) is 128 Å². The maximum atomic E-state index is 13.1. The Hall–Kier alpha value is -4.02. The minimum atomic E-state index is -4.98. The van der Waals surface area contributed by atoms with Crippen molar-refractivity contribution in [2.24, 2.45) is 0 Å². The minimum Gasteiger partial charge on any atom is -0.462 e. The fraction of sp³-hybridized carbons (Fsp3) is 0.753. The molecule has 0 rings (SSSR count). The number of unbranched alkanes of at least 4 members (excludes halogenated alkanes) is 32. The fourth-order valence-electron chi connectivity index (χ4n) is 10.6. The molecule has 0 saturated heterocycles. The summed E-state index contributed by atoms with van der Waals surface area (Å²) < 4.78 is 68.5. The Kier molecular flexibility index (Phi) is 70.4. The Balaban J connectivity index is 5.40. The summed E-state index contributed by atoms with van der Waals surface area (Å²) in [7, 11) is -9.97. The Bertz CT molecular complexity index is 2120. The van der Waals surface area contributed by atoms with Gasteiger partial charge in [0.15, 0.2) is 12.2 Å². The van der Waals surface area contributed by atoms with Gasteiger partial charge in [-0.05, 0) is 103 Å². The fourth-order valence-corrected chi connectivity index (χ4v) is 12.2. The zero-order valence-corrected chi connectivity index (χ0v) is 64.9. The van der Waals surface area contributed by atoms with Gasteiger partial charge in [-0.3, -0.25) is 37.3 Å². The van der Waals surface area contributed by atoms with Crippen LogP contribution in [-0.2, 0) is 65.4 Å². The molecule has 0 aromatic carbocycles. The van der Waals surface area contributed by atoms with Crippen LogP contribution in [0.1, 0.15) is 336 Å². The monoisotopic (exact) mass is 1450 g/mol. The highest BCUT2D eigenvalue weighted by Gasteiger charge is 2.30. The van der Waals surface area contributed by atoms with Crippen LogP contribution < -0.4 is 0 Å². The normalized spacial score (nSPS) is 14.4. The van der Waals surface area contributed by atoms with Gasteiger partial charge in [0.25, 0.3) is 0 Å². The van der Waals surface area contributed by atoms with Gasteiger partial charge in [0.1, 0.15) is 19.3 Å². The van der Waals surface area contributed by atoms with E-state index >= 15 is 0 Å². The molecule has 578 valence electrons. The van der Waals surface area contributed by atoms with Crippen molar-refractivity contribution in [3.8, 4) is 0 Å². The van der Waals surface area contributed by atoms with Crippen molar-refractivity contribution in [1.29, 1.82) is 0 Å². The number of hydrogen-bond acceptors (Lipinski definition) is 15. The SMILES string of the molecule is CC/C=C\C/C=C\C/C=C\C/C=C\CCCCC(=O)OCC(COP(=O)(O)OCC(O)COP(=O)(O)OCC(COC(=O)CCCC/C=C\C/C=C\C/C=C\C/C=C\CC)OC(=O)CCCCCCCCCCCCCCCCC)OC(=O)CCCCCCCCCCCCCCCCC. The van der Waals surface area contributed by atoms with Crippen molar-refractivity contribution in [2.45, 2.75) is 354 Å². The first-order valence-corrected chi connectivity index (χ1v) is 42.5. The molecule has 3 N–H and O–H groups in total. The van der Waals surface area contributed by atoms with Gasteiger partial charge in [0.05, 0.1) is 26.4 Å². The largest absolute Gasteiger partial charge is 0.472 e. The lowest BCUT2D eigenvalue weighted by atomic mass is 10.0. The first-order valence-electron chi connectivity index (χ1n) is 39.5. The Morgan fingerprint density at radius 2 is 0.520 bits per heavy atom. The Labute approximate surface area is 607 Å². The number of carbonyl (C=O) groups is 4. The van der Waals surface area contributed by atoms with E-state index < -0.39 is 97.5 Å². The zero-order valence-electron chi connectivity index (χ0n) is 63.1. The average Bonchev–Trinajstić information content (AvgIpc) is 1.01. The molecule has 0 radical (unpaired) electrons. The number of hydrogen-bond donors (Lipinski definition) is 3. The summed E-state index contributed by atoms with van der Waals surface area (Å²) in [6, 6.07) is 0. The Morgan fingerprint density at radius 3 is 0.800 bits per heavy atom. The molecule has 19 heteroatoms. The lowest BCUT2D eigenvalue weighted by molar-refractivity contribution is -0.161. The van der Waals surface area contributed by atoms with Gasteiger partial charge < -0.3 is 33.8 Å². The van der Waals surface area contributed by atoms with Gasteiger partial charge in [0, 0.05) is 25.7 Å². The van der Waals surface area contributed by atoms with Crippen molar-refractivity contribution in [3.63, 3.8) is 0 Å². The molecular formula is C81H142O17P2. The first-order chi connectivity index (χ1) is 48.7. The molecule has 0 aliphatic heterocycles. The van der Waals surface area contributed by atoms with E-state index in [-0.39, 0.29) is 25.7 Å². The second-order valence-electron chi connectivity index (χ2n) is 26.3. The highest BCUT2D eigenvalue weighted by molar-refractivity contribution is 7.47. The van der Waals surface area contributed by atoms with Gasteiger partial charge in [-0.2, -0.15) is 0 Å². The first kappa shape index (κ1) is 96.0. The van der Waals surface area contributed by atoms with E-state index in [0.717, 1.165) is 128 Å². The van der Waals surface area contributed by atoms with E-state index in [0.29, 0.717) is 25.7 Å². The van der Waals surface area contributed by atoms with Crippen molar-refractivity contribution in [1.82, 2.24) is 0 Å². The smallest absolute Gasteiger partial charge is 0.462 e. The van der Waals surface area contributed by atoms with E-state index in [9.17, 15) is 43.2 Å². The summed E-state index contributed by atoms with van der Waals surface area (Å²) in [5.41, 5.74) is 0. The molecule has 0 aromatic heterocycles. The van der Waals surface area contributed by atoms with Crippen LogP contribution in [0.2, 0.25) is 0 Å². The predicted molar refractivity (Wildman–Crippen MR) is 409 cm³/mol. The number of phosphoric ester groups is 2. The third-order valence-electron chi connectivity index (χ3n) is 16.6.